The zero-order chi connectivity index (χ0) is 21.1. The summed E-state index contributed by atoms with van der Waals surface area (Å²) in [6, 6.07) is 4.61. The lowest BCUT2D eigenvalue weighted by Gasteiger charge is -2.33. The van der Waals surface area contributed by atoms with Crippen LogP contribution in [0.1, 0.15) is 19.8 Å². The largest absolute Gasteiger partial charge is 0.466 e. The van der Waals surface area contributed by atoms with Gasteiger partial charge in [-0.15, -0.1) is 0 Å². The van der Waals surface area contributed by atoms with E-state index in [9.17, 15) is 14.4 Å². The molecule has 2 aliphatic rings. The molecule has 2 heterocycles. The number of likely N-dealkylation sites (tertiary alicyclic amines) is 1. The van der Waals surface area contributed by atoms with Gasteiger partial charge in [0.2, 0.25) is 0 Å². The Morgan fingerprint density at radius 1 is 1.24 bits per heavy atom. The Bertz CT molecular complexity index is 877. The normalized spacial score (nSPS) is 19.6. The molecular formula is C19H19Cl2N3O4S. The monoisotopic (exact) mass is 455 g/mol. The highest BCUT2D eigenvalue weighted by atomic mass is 35.5. The van der Waals surface area contributed by atoms with Gasteiger partial charge >= 0.3 is 5.97 Å². The predicted molar refractivity (Wildman–Crippen MR) is 114 cm³/mol. The number of benzene rings is 1. The molecule has 2 fully saturated rings. The number of esters is 1. The topological polar surface area (TPSA) is 79.0 Å². The van der Waals surface area contributed by atoms with Crippen LogP contribution in [0.5, 0.6) is 0 Å². The van der Waals surface area contributed by atoms with Crippen molar-refractivity contribution in [2.24, 2.45) is 5.92 Å². The molecule has 29 heavy (non-hydrogen) atoms. The van der Waals surface area contributed by atoms with Gasteiger partial charge in [0, 0.05) is 29.3 Å². The fourth-order valence-corrected chi connectivity index (χ4v) is 4.05. The molecule has 1 N–H and O–H groups in total. The first-order chi connectivity index (χ1) is 13.8. The maximum Gasteiger partial charge on any atom is 0.309 e. The minimum Gasteiger partial charge on any atom is -0.466 e. The minimum absolute atomic E-state index is 0.0449. The number of halogens is 2. The van der Waals surface area contributed by atoms with Crippen LogP contribution in [0, 0.1) is 5.92 Å². The predicted octanol–water partition coefficient (Wildman–Crippen LogP) is 2.90. The second-order valence-corrected chi connectivity index (χ2v) is 7.89. The molecule has 0 aliphatic carbocycles. The molecule has 2 aliphatic heterocycles. The van der Waals surface area contributed by atoms with Gasteiger partial charge in [-0.05, 0) is 50.2 Å². The Hall–Kier alpha value is -2.16. The number of hydrogen-bond acceptors (Lipinski definition) is 6. The van der Waals surface area contributed by atoms with E-state index in [-0.39, 0.29) is 22.6 Å². The third kappa shape index (κ3) is 4.88. The second kappa shape index (κ2) is 9.11. The quantitative estimate of drug-likeness (QED) is 0.325. The molecule has 0 spiro atoms. The smallest absolute Gasteiger partial charge is 0.309 e. The Morgan fingerprint density at radius 3 is 2.45 bits per heavy atom. The van der Waals surface area contributed by atoms with Gasteiger partial charge in [-0.1, -0.05) is 23.2 Å². The zero-order valence-corrected chi connectivity index (χ0v) is 17.9. The van der Waals surface area contributed by atoms with Crippen molar-refractivity contribution in [1.29, 1.82) is 0 Å². The molecule has 0 aromatic heterocycles. The molecule has 2 saturated heterocycles. The molecule has 0 atom stereocenters. The van der Waals surface area contributed by atoms with Crippen molar-refractivity contribution in [1.82, 2.24) is 10.2 Å². The molecule has 0 unspecified atom stereocenters. The summed E-state index contributed by atoms with van der Waals surface area (Å²) in [5.74, 6) is -1.51. The van der Waals surface area contributed by atoms with Gasteiger partial charge in [-0.25, -0.2) is 0 Å². The van der Waals surface area contributed by atoms with Crippen molar-refractivity contribution < 1.29 is 19.1 Å². The van der Waals surface area contributed by atoms with E-state index in [4.69, 9.17) is 40.2 Å². The van der Waals surface area contributed by atoms with Crippen LogP contribution in [0.15, 0.2) is 30.0 Å². The van der Waals surface area contributed by atoms with E-state index >= 15 is 0 Å². The van der Waals surface area contributed by atoms with Crippen LogP contribution in [0.25, 0.3) is 0 Å². The summed E-state index contributed by atoms with van der Waals surface area (Å²) >= 11 is 17.2. The number of rotatable bonds is 4. The zero-order valence-electron chi connectivity index (χ0n) is 15.6. The highest BCUT2D eigenvalue weighted by molar-refractivity contribution is 7.80. The van der Waals surface area contributed by atoms with Crippen molar-refractivity contribution in [2.45, 2.75) is 19.8 Å². The van der Waals surface area contributed by atoms with Crippen LogP contribution < -0.4 is 10.2 Å². The van der Waals surface area contributed by atoms with Crippen LogP contribution in [0.3, 0.4) is 0 Å². The van der Waals surface area contributed by atoms with Gasteiger partial charge in [0.05, 0.1) is 18.2 Å². The highest BCUT2D eigenvalue weighted by Crippen LogP contribution is 2.28. The standard InChI is InChI=1S/C19H19Cl2N3O4S/c1-2-28-18(27)11-3-5-23(6-4-11)10-15-16(25)22-19(29)24(17(15)26)14-8-12(20)7-13(21)9-14/h7-11H,2-6H2,1H3,(H,22,25,29). The number of nitrogens with one attached hydrogen (secondary N) is 1. The van der Waals surface area contributed by atoms with Crippen molar-refractivity contribution in [2.75, 3.05) is 24.6 Å². The number of carbonyl (C=O) groups excluding carboxylic acids is 3. The lowest BCUT2D eigenvalue weighted by atomic mass is 9.97. The van der Waals surface area contributed by atoms with Crippen LogP contribution >= 0.6 is 35.4 Å². The molecule has 0 radical (unpaired) electrons. The van der Waals surface area contributed by atoms with Crippen LogP contribution in [0.4, 0.5) is 5.69 Å². The molecule has 7 nitrogen and oxygen atoms in total. The second-order valence-electron chi connectivity index (χ2n) is 6.63. The Labute approximate surface area is 183 Å². The summed E-state index contributed by atoms with van der Waals surface area (Å²) < 4.78 is 5.06. The van der Waals surface area contributed by atoms with E-state index in [1.165, 1.54) is 29.3 Å². The fourth-order valence-electron chi connectivity index (χ4n) is 3.25. The van der Waals surface area contributed by atoms with Crippen molar-refractivity contribution in [3.8, 4) is 0 Å². The maximum absolute atomic E-state index is 13.0. The summed E-state index contributed by atoms with van der Waals surface area (Å²) in [4.78, 5) is 40.3. The fraction of sp³-hybridized carbons (Fsp3) is 0.368. The number of ether oxygens (including phenoxy) is 1. The molecule has 0 saturated carbocycles. The van der Waals surface area contributed by atoms with E-state index in [0.29, 0.717) is 48.3 Å². The number of thiocarbonyl (C=S) groups is 1. The van der Waals surface area contributed by atoms with Gasteiger partial charge in [-0.3, -0.25) is 24.6 Å². The summed E-state index contributed by atoms with van der Waals surface area (Å²) in [5, 5.41) is 3.16. The van der Waals surface area contributed by atoms with Gasteiger partial charge in [0.25, 0.3) is 11.8 Å². The van der Waals surface area contributed by atoms with Crippen LogP contribution in [0.2, 0.25) is 10.0 Å². The molecule has 0 bridgehead atoms. The van der Waals surface area contributed by atoms with E-state index in [1.54, 1.807) is 6.92 Å². The summed E-state index contributed by atoms with van der Waals surface area (Å²) in [5.41, 5.74) is 0.314. The number of hydrogen-bond donors (Lipinski definition) is 1. The average molecular weight is 456 g/mol. The Morgan fingerprint density at radius 2 is 1.86 bits per heavy atom. The molecule has 1 aromatic rings. The SMILES string of the molecule is CCOC(=O)C1CCN(C=C2C(=O)NC(=S)N(c3cc(Cl)cc(Cl)c3)C2=O)CC1. The lowest BCUT2D eigenvalue weighted by Crippen LogP contribution is -2.54. The average Bonchev–Trinajstić information content (AvgIpc) is 2.65. The van der Waals surface area contributed by atoms with Gasteiger partial charge in [-0.2, -0.15) is 0 Å². The van der Waals surface area contributed by atoms with Crippen LogP contribution in [-0.4, -0.2) is 47.5 Å². The van der Waals surface area contributed by atoms with Gasteiger partial charge in [0.1, 0.15) is 5.57 Å². The van der Waals surface area contributed by atoms with Crippen molar-refractivity contribution in [3.05, 3.63) is 40.0 Å². The summed E-state index contributed by atoms with van der Waals surface area (Å²) in [6.45, 7) is 3.18. The number of amides is 2. The first kappa shape index (κ1) is 21.5. The van der Waals surface area contributed by atoms with E-state index in [2.05, 4.69) is 5.32 Å². The first-order valence-electron chi connectivity index (χ1n) is 9.08. The number of anilines is 1. The molecule has 1 aromatic carbocycles. The number of nitrogens with zero attached hydrogens (tertiary/aromatic N) is 2. The van der Waals surface area contributed by atoms with E-state index in [0.717, 1.165) is 0 Å². The number of carbonyl (C=O) groups is 3. The summed E-state index contributed by atoms with van der Waals surface area (Å²) in [6.07, 6.45) is 2.69. The number of piperidine rings is 1. The van der Waals surface area contributed by atoms with Crippen molar-refractivity contribution >= 4 is 64.0 Å². The third-order valence-electron chi connectivity index (χ3n) is 4.67. The van der Waals surface area contributed by atoms with E-state index < -0.39 is 11.8 Å². The van der Waals surface area contributed by atoms with Gasteiger partial charge in [0.15, 0.2) is 5.11 Å². The minimum atomic E-state index is -0.572. The third-order valence-corrected chi connectivity index (χ3v) is 5.39. The Balaban J connectivity index is 1.78. The lowest BCUT2D eigenvalue weighted by molar-refractivity contribution is -0.149. The Kier molecular flexibility index (Phi) is 6.77. The maximum atomic E-state index is 13.0. The van der Waals surface area contributed by atoms with Gasteiger partial charge < -0.3 is 9.64 Å². The highest BCUT2D eigenvalue weighted by Gasteiger charge is 2.36. The first-order valence-corrected chi connectivity index (χ1v) is 10.2. The molecule has 3 rings (SSSR count). The molecular weight excluding hydrogens is 437 g/mol. The summed E-state index contributed by atoms with van der Waals surface area (Å²) in [7, 11) is 0. The molecule has 154 valence electrons. The molecule has 10 heteroatoms. The molecule has 2 amide bonds. The van der Waals surface area contributed by atoms with E-state index in [1.807, 2.05) is 4.90 Å². The van der Waals surface area contributed by atoms with Crippen LogP contribution in [-0.2, 0) is 19.1 Å². The van der Waals surface area contributed by atoms with Crippen molar-refractivity contribution in [3.63, 3.8) is 0 Å².